The fraction of sp³-hybridized carbons (Fsp3) is 0.636. The van der Waals surface area contributed by atoms with Crippen LogP contribution in [0.3, 0.4) is 0 Å². The van der Waals surface area contributed by atoms with Crippen molar-refractivity contribution in [3.05, 3.63) is 22.5 Å². The number of rotatable bonds is 5. The van der Waals surface area contributed by atoms with Crippen molar-refractivity contribution in [3.8, 4) is 0 Å². The predicted octanol–water partition coefficient (Wildman–Crippen LogP) is 0.344. The average Bonchev–Trinajstić information content (AvgIpc) is 2.74. The van der Waals surface area contributed by atoms with Gasteiger partial charge in [0.25, 0.3) is 0 Å². The molecule has 0 spiro atoms. The first-order valence-electron chi connectivity index (χ1n) is 6.51. The molecule has 2 rings (SSSR count). The molecule has 9 nitrogen and oxygen atoms in total. The van der Waals surface area contributed by atoms with E-state index >= 15 is 0 Å². The van der Waals surface area contributed by atoms with E-state index in [4.69, 9.17) is 10.5 Å². The number of aliphatic hydroxyl groups excluding tert-OH is 1. The number of nitrogens with zero attached hydrogens (tertiary/aromatic N) is 2. The molecule has 0 aromatic carbocycles. The fourth-order valence-corrected chi connectivity index (χ4v) is 3.36. The van der Waals surface area contributed by atoms with Crippen molar-refractivity contribution in [2.45, 2.75) is 24.4 Å². The lowest BCUT2D eigenvalue weighted by Gasteiger charge is -2.21. The van der Waals surface area contributed by atoms with E-state index in [1.807, 2.05) is 0 Å². The lowest BCUT2D eigenvalue weighted by molar-refractivity contribution is -0.140. The monoisotopic (exact) mass is 373 g/mol. The summed E-state index contributed by atoms with van der Waals surface area (Å²) in [7, 11) is -1.72. The lowest BCUT2D eigenvalue weighted by atomic mass is 10.1. The number of anilines is 1. The maximum atomic E-state index is 14.2. The van der Waals surface area contributed by atoms with Gasteiger partial charge in [-0.05, 0) is 0 Å². The van der Waals surface area contributed by atoms with Gasteiger partial charge in [0.05, 0.1) is 12.4 Å². The summed E-state index contributed by atoms with van der Waals surface area (Å²) in [4.78, 5) is 14.7. The quantitative estimate of drug-likeness (QED) is 0.708. The van der Waals surface area contributed by atoms with Crippen LogP contribution in [0.1, 0.15) is 6.23 Å². The first-order chi connectivity index (χ1) is 11.1. The Balaban J connectivity index is 2.38. The molecule has 0 amide bonds. The molecule has 1 aromatic rings. The van der Waals surface area contributed by atoms with Crippen molar-refractivity contribution in [2.24, 2.45) is 0 Å². The summed E-state index contributed by atoms with van der Waals surface area (Å²) in [5.41, 5.74) is 3.78. The molecule has 0 aliphatic carbocycles. The van der Waals surface area contributed by atoms with E-state index in [1.165, 1.54) is 0 Å². The molecule has 1 aliphatic heterocycles. The summed E-state index contributed by atoms with van der Waals surface area (Å²) in [6.45, 7) is 0. The van der Waals surface area contributed by atoms with Crippen LogP contribution in [-0.4, -0.2) is 53.2 Å². The highest BCUT2D eigenvalue weighted by molar-refractivity contribution is 7.53. The fourth-order valence-electron chi connectivity index (χ4n) is 2.19. The third-order valence-electron chi connectivity index (χ3n) is 3.53. The third-order valence-corrected chi connectivity index (χ3v) is 5.45. The van der Waals surface area contributed by atoms with E-state index in [9.17, 15) is 27.6 Å². The van der Waals surface area contributed by atoms with Crippen LogP contribution >= 0.6 is 7.60 Å². The van der Waals surface area contributed by atoms with Crippen LogP contribution in [0.15, 0.2) is 11.0 Å². The Labute approximate surface area is 133 Å². The van der Waals surface area contributed by atoms with E-state index in [1.54, 1.807) is 0 Å². The number of ether oxygens (including phenoxy) is 1. The molecule has 24 heavy (non-hydrogen) atoms. The van der Waals surface area contributed by atoms with Crippen LogP contribution in [0.4, 0.5) is 19.0 Å². The van der Waals surface area contributed by atoms with Crippen molar-refractivity contribution < 1.29 is 36.6 Å². The highest BCUT2D eigenvalue weighted by atomic mass is 31.2. The van der Waals surface area contributed by atoms with E-state index in [0.717, 1.165) is 14.2 Å². The molecule has 0 radical (unpaired) electrons. The summed E-state index contributed by atoms with van der Waals surface area (Å²) < 4.78 is 68.3. The summed E-state index contributed by atoms with van der Waals surface area (Å²) in [5, 5.41) is 9.76. The van der Waals surface area contributed by atoms with Crippen molar-refractivity contribution in [3.63, 3.8) is 0 Å². The Hall–Kier alpha value is -1.46. The standard InChI is InChI=1S/C11H15F3N3O6P/c1-21-24(20,22-2)4-6-7(18)11(13,14)9(23-6)17-3-5(12)8(15)16-10(17)19/h3,6-7,9,18H,4H2,1-2H3,(H2,15,16,19)/t6-,7-,9-/m1/s1. The van der Waals surface area contributed by atoms with Gasteiger partial charge in [-0.25, -0.2) is 9.18 Å². The second-order valence-electron chi connectivity index (χ2n) is 4.97. The maximum absolute atomic E-state index is 14.2. The van der Waals surface area contributed by atoms with E-state index in [-0.39, 0.29) is 4.57 Å². The van der Waals surface area contributed by atoms with Gasteiger partial charge in [-0.15, -0.1) is 0 Å². The Morgan fingerprint density at radius 3 is 2.62 bits per heavy atom. The summed E-state index contributed by atoms with van der Waals surface area (Å²) in [5.74, 6) is -5.98. The second-order valence-corrected chi connectivity index (χ2v) is 7.29. The first kappa shape index (κ1) is 18.9. The van der Waals surface area contributed by atoms with Crippen LogP contribution in [0.2, 0.25) is 0 Å². The van der Waals surface area contributed by atoms with Crippen LogP contribution < -0.4 is 11.4 Å². The zero-order valence-corrected chi connectivity index (χ0v) is 13.5. The number of aromatic nitrogens is 2. The van der Waals surface area contributed by atoms with Gasteiger partial charge in [0.1, 0.15) is 12.2 Å². The maximum Gasteiger partial charge on any atom is 0.352 e. The molecule has 2 heterocycles. The Morgan fingerprint density at radius 2 is 2.08 bits per heavy atom. The molecular weight excluding hydrogens is 358 g/mol. The number of alkyl halides is 2. The van der Waals surface area contributed by atoms with Gasteiger partial charge >= 0.3 is 19.2 Å². The first-order valence-corrected chi connectivity index (χ1v) is 8.24. The van der Waals surface area contributed by atoms with Crippen molar-refractivity contribution in [1.29, 1.82) is 0 Å². The zero-order valence-electron chi connectivity index (χ0n) is 12.6. The largest absolute Gasteiger partial charge is 0.384 e. The zero-order chi connectivity index (χ0) is 18.3. The minimum absolute atomic E-state index is 0.166. The molecule has 3 atom stereocenters. The number of halogens is 3. The van der Waals surface area contributed by atoms with Gasteiger partial charge in [-0.2, -0.15) is 13.8 Å². The van der Waals surface area contributed by atoms with E-state index in [2.05, 4.69) is 14.0 Å². The van der Waals surface area contributed by atoms with E-state index < -0.39 is 55.4 Å². The highest BCUT2D eigenvalue weighted by Gasteiger charge is 2.61. The molecule has 13 heteroatoms. The Bertz CT molecular complexity index is 721. The molecule has 0 saturated carbocycles. The van der Waals surface area contributed by atoms with Crippen LogP contribution in [0, 0.1) is 5.82 Å². The molecule has 1 aliphatic rings. The molecule has 136 valence electrons. The third kappa shape index (κ3) is 3.20. The number of nitrogens with two attached hydrogens (primary N) is 1. The molecule has 1 fully saturated rings. The number of aliphatic hydroxyl groups is 1. The predicted molar refractivity (Wildman–Crippen MR) is 74.2 cm³/mol. The smallest absolute Gasteiger partial charge is 0.352 e. The molecule has 3 N–H and O–H groups in total. The van der Waals surface area contributed by atoms with Gasteiger partial charge in [0, 0.05) is 14.2 Å². The van der Waals surface area contributed by atoms with Gasteiger partial charge in [0.2, 0.25) is 6.23 Å². The minimum Gasteiger partial charge on any atom is -0.384 e. The van der Waals surface area contributed by atoms with Crippen LogP contribution in [0.5, 0.6) is 0 Å². The molecule has 1 saturated heterocycles. The molecule has 0 bridgehead atoms. The Morgan fingerprint density at radius 1 is 1.50 bits per heavy atom. The average molecular weight is 373 g/mol. The van der Waals surface area contributed by atoms with E-state index in [0.29, 0.717) is 6.20 Å². The Kier molecular flexibility index (Phi) is 5.07. The molecule has 1 aromatic heterocycles. The topological polar surface area (TPSA) is 126 Å². The normalized spacial score (nSPS) is 26.7. The van der Waals surface area contributed by atoms with Crippen molar-refractivity contribution in [1.82, 2.24) is 9.55 Å². The number of hydrogen-bond donors (Lipinski definition) is 2. The van der Waals surface area contributed by atoms with Crippen molar-refractivity contribution in [2.75, 3.05) is 26.1 Å². The molecular formula is C11H15F3N3O6P. The highest BCUT2D eigenvalue weighted by Crippen LogP contribution is 2.52. The minimum atomic E-state index is -3.99. The summed E-state index contributed by atoms with van der Waals surface area (Å²) in [6, 6.07) is 0. The van der Waals surface area contributed by atoms with Gasteiger partial charge in [0.15, 0.2) is 11.6 Å². The lowest BCUT2D eigenvalue weighted by Crippen LogP contribution is -2.42. The second kappa shape index (κ2) is 6.45. The molecule has 0 unspecified atom stereocenters. The van der Waals surface area contributed by atoms with Gasteiger partial charge < -0.3 is 24.6 Å². The number of nitrogen functional groups attached to an aromatic ring is 1. The summed E-state index contributed by atoms with van der Waals surface area (Å²) >= 11 is 0. The van der Waals surface area contributed by atoms with Crippen LogP contribution in [-0.2, 0) is 18.3 Å². The van der Waals surface area contributed by atoms with Gasteiger partial charge in [-0.3, -0.25) is 9.13 Å². The van der Waals surface area contributed by atoms with Crippen molar-refractivity contribution >= 4 is 13.4 Å². The van der Waals surface area contributed by atoms with Gasteiger partial charge in [-0.1, -0.05) is 0 Å². The summed E-state index contributed by atoms with van der Waals surface area (Å²) in [6.07, 6.45) is -6.80. The SMILES string of the molecule is COP(=O)(C[C@H]1O[C@@H](n2cc(F)c(N)nc2=O)C(F)(F)[C@@H]1O)OC. The van der Waals surface area contributed by atoms with Crippen LogP contribution in [0.25, 0.3) is 0 Å². The number of hydrogen-bond acceptors (Lipinski definition) is 8.